The summed E-state index contributed by atoms with van der Waals surface area (Å²) in [5.74, 6) is -1.31. The van der Waals surface area contributed by atoms with Crippen molar-refractivity contribution in [1.29, 1.82) is 0 Å². The molecule has 0 saturated carbocycles. The Kier molecular flexibility index (Phi) is 4.83. The van der Waals surface area contributed by atoms with E-state index in [4.69, 9.17) is 9.52 Å². The highest BCUT2D eigenvalue weighted by Crippen LogP contribution is 2.22. The summed E-state index contributed by atoms with van der Waals surface area (Å²) in [4.78, 5) is 37.3. The molecule has 1 aliphatic rings. The van der Waals surface area contributed by atoms with Gasteiger partial charge in [0.2, 0.25) is 5.91 Å². The highest BCUT2D eigenvalue weighted by Gasteiger charge is 2.35. The quantitative estimate of drug-likeness (QED) is 0.867. The zero-order valence-corrected chi connectivity index (χ0v) is 13.5. The molecule has 1 aromatic carbocycles. The van der Waals surface area contributed by atoms with E-state index in [1.54, 1.807) is 36.4 Å². The van der Waals surface area contributed by atoms with E-state index < -0.39 is 12.0 Å². The van der Waals surface area contributed by atoms with Crippen LogP contribution in [0.5, 0.6) is 0 Å². The highest BCUT2D eigenvalue weighted by atomic mass is 16.4. The lowest BCUT2D eigenvalue weighted by atomic mass is 10.1. The van der Waals surface area contributed by atoms with Crippen molar-refractivity contribution in [3.8, 4) is 0 Å². The molecule has 0 aliphatic carbocycles. The Morgan fingerprint density at radius 2 is 2.08 bits per heavy atom. The van der Waals surface area contributed by atoms with E-state index >= 15 is 0 Å². The van der Waals surface area contributed by atoms with Crippen LogP contribution in [0.1, 0.15) is 29.0 Å². The number of anilines is 1. The number of carbonyl (C=O) groups excluding carboxylic acids is 2. The first-order valence-electron chi connectivity index (χ1n) is 8.00. The molecule has 1 fully saturated rings. The Morgan fingerprint density at radius 3 is 2.80 bits per heavy atom. The number of amides is 2. The van der Waals surface area contributed by atoms with Crippen molar-refractivity contribution in [3.05, 3.63) is 54.0 Å². The number of nitrogens with zero attached hydrogens (tertiary/aromatic N) is 1. The van der Waals surface area contributed by atoms with Crippen molar-refractivity contribution in [3.63, 3.8) is 0 Å². The number of aliphatic carboxylic acids is 1. The smallest absolute Gasteiger partial charge is 0.307 e. The van der Waals surface area contributed by atoms with Crippen LogP contribution in [0.15, 0.2) is 47.1 Å². The van der Waals surface area contributed by atoms with Gasteiger partial charge >= 0.3 is 5.97 Å². The van der Waals surface area contributed by atoms with Crippen molar-refractivity contribution >= 4 is 23.5 Å². The lowest BCUT2D eigenvalue weighted by Crippen LogP contribution is -2.43. The largest absolute Gasteiger partial charge is 0.481 e. The number of rotatable bonds is 5. The molecule has 0 spiro atoms. The average molecular weight is 342 g/mol. The SMILES string of the molecule is O=C(O)Cc1cccc(NC(=O)C2CCCN2C(=O)c2ccco2)c1. The molecular weight excluding hydrogens is 324 g/mol. The summed E-state index contributed by atoms with van der Waals surface area (Å²) in [6.07, 6.45) is 2.62. The lowest BCUT2D eigenvalue weighted by molar-refractivity contribution is -0.136. The van der Waals surface area contributed by atoms with Gasteiger partial charge in [-0.05, 0) is 42.7 Å². The molecular formula is C18H18N2O5. The maximum atomic E-state index is 12.6. The molecule has 3 rings (SSSR count). The van der Waals surface area contributed by atoms with E-state index in [0.717, 1.165) is 6.42 Å². The van der Waals surface area contributed by atoms with Crippen LogP contribution in [-0.2, 0) is 16.0 Å². The Balaban J connectivity index is 1.70. The number of benzene rings is 1. The molecule has 2 heterocycles. The first-order valence-corrected chi connectivity index (χ1v) is 8.00. The Bertz CT molecular complexity index is 785. The standard InChI is InChI=1S/C18H18N2O5/c21-16(22)11-12-4-1-5-13(10-12)19-17(23)14-6-2-8-20(14)18(24)15-7-3-9-25-15/h1,3-5,7,9-10,14H,2,6,8,11H2,(H,19,23)(H,21,22). The number of carbonyl (C=O) groups is 3. The number of hydrogen-bond donors (Lipinski definition) is 2. The van der Waals surface area contributed by atoms with Gasteiger partial charge in [-0.1, -0.05) is 12.1 Å². The van der Waals surface area contributed by atoms with Gasteiger partial charge in [0.1, 0.15) is 6.04 Å². The topological polar surface area (TPSA) is 99.9 Å². The summed E-state index contributed by atoms with van der Waals surface area (Å²) >= 11 is 0. The van der Waals surface area contributed by atoms with E-state index in [-0.39, 0.29) is 24.0 Å². The number of nitrogens with one attached hydrogen (secondary N) is 1. The summed E-state index contributed by atoms with van der Waals surface area (Å²) in [5.41, 5.74) is 1.11. The van der Waals surface area contributed by atoms with Gasteiger partial charge in [0.05, 0.1) is 12.7 Å². The van der Waals surface area contributed by atoms with Crippen molar-refractivity contribution in [2.24, 2.45) is 0 Å². The maximum Gasteiger partial charge on any atom is 0.307 e. The molecule has 7 nitrogen and oxygen atoms in total. The normalized spacial score (nSPS) is 16.6. The summed E-state index contributed by atoms with van der Waals surface area (Å²) in [6.45, 7) is 0.497. The van der Waals surface area contributed by atoms with Crippen molar-refractivity contribution < 1.29 is 23.9 Å². The summed E-state index contributed by atoms with van der Waals surface area (Å²) < 4.78 is 5.13. The average Bonchev–Trinajstić information content (AvgIpc) is 3.26. The zero-order valence-electron chi connectivity index (χ0n) is 13.5. The minimum Gasteiger partial charge on any atom is -0.481 e. The van der Waals surface area contributed by atoms with Gasteiger partial charge in [0.15, 0.2) is 5.76 Å². The number of carboxylic acid groups (broad SMARTS) is 1. The molecule has 25 heavy (non-hydrogen) atoms. The van der Waals surface area contributed by atoms with E-state index in [1.807, 2.05) is 0 Å². The third kappa shape index (κ3) is 3.88. The van der Waals surface area contributed by atoms with Crippen LogP contribution in [-0.4, -0.2) is 40.4 Å². The van der Waals surface area contributed by atoms with Crippen molar-refractivity contribution in [2.45, 2.75) is 25.3 Å². The van der Waals surface area contributed by atoms with Crippen LogP contribution in [0.2, 0.25) is 0 Å². The number of likely N-dealkylation sites (tertiary alicyclic amines) is 1. The molecule has 2 amide bonds. The van der Waals surface area contributed by atoms with Gasteiger partial charge in [-0.15, -0.1) is 0 Å². The fraction of sp³-hybridized carbons (Fsp3) is 0.278. The Labute approximate surface area is 144 Å². The molecule has 2 aromatic rings. The second-order valence-electron chi connectivity index (χ2n) is 5.89. The molecule has 1 saturated heterocycles. The van der Waals surface area contributed by atoms with Crippen molar-refractivity contribution in [1.82, 2.24) is 4.90 Å². The molecule has 7 heteroatoms. The van der Waals surface area contributed by atoms with Crippen LogP contribution in [0.25, 0.3) is 0 Å². The maximum absolute atomic E-state index is 12.6. The minimum absolute atomic E-state index is 0.115. The molecule has 1 unspecified atom stereocenters. The molecule has 0 radical (unpaired) electrons. The lowest BCUT2D eigenvalue weighted by Gasteiger charge is -2.23. The Morgan fingerprint density at radius 1 is 1.24 bits per heavy atom. The Hall–Kier alpha value is -3.09. The molecule has 2 N–H and O–H groups in total. The van der Waals surface area contributed by atoms with Crippen molar-refractivity contribution in [2.75, 3.05) is 11.9 Å². The highest BCUT2D eigenvalue weighted by molar-refractivity contribution is 6.00. The monoisotopic (exact) mass is 342 g/mol. The van der Waals surface area contributed by atoms with E-state index in [1.165, 1.54) is 11.2 Å². The first kappa shape index (κ1) is 16.8. The van der Waals surface area contributed by atoms with Crippen LogP contribution >= 0.6 is 0 Å². The predicted molar refractivity (Wildman–Crippen MR) is 89.2 cm³/mol. The van der Waals surface area contributed by atoms with Crippen LogP contribution in [0.4, 0.5) is 5.69 Å². The molecule has 1 aliphatic heterocycles. The summed E-state index contributed by atoms with van der Waals surface area (Å²) in [7, 11) is 0. The third-order valence-electron chi connectivity index (χ3n) is 4.10. The van der Waals surface area contributed by atoms with Gasteiger partial charge in [-0.3, -0.25) is 14.4 Å². The molecule has 1 aromatic heterocycles. The zero-order chi connectivity index (χ0) is 17.8. The van der Waals surface area contributed by atoms with E-state index in [9.17, 15) is 14.4 Å². The second kappa shape index (κ2) is 7.21. The number of furan rings is 1. The van der Waals surface area contributed by atoms with Crippen LogP contribution < -0.4 is 5.32 Å². The predicted octanol–water partition coefficient (Wildman–Crippen LogP) is 2.15. The van der Waals surface area contributed by atoms with Gasteiger partial charge in [0.25, 0.3) is 5.91 Å². The first-order chi connectivity index (χ1) is 12.0. The summed E-state index contributed by atoms with van der Waals surface area (Å²) in [5, 5.41) is 11.6. The fourth-order valence-electron chi connectivity index (χ4n) is 2.98. The van der Waals surface area contributed by atoms with Crippen LogP contribution in [0.3, 0.4) is 0 Å². The number of carboxylic acids is 1. The molecule has 1 atom stereocenters. The van der Waals surface area contributed by atoms with Gasteiger partial charge in [-0.25, -0.2) is 0 Å². The third-order valence-corrected chi connectivity index (χ3v) is 4.10. The van der Waals surface area contributed by atoms with Gasteiger partial charge in [-0.2, -0.15) is 0 Å². The minimum atomic E-state index is -0.936. The van der Waals surface area contributed by atoms with E-state index in [0.29, 0.717) is 24.2 Å². The second-order valence-corrected chi connectivity index (χ2v) is 5.89. The van der Waals surface area contributed by atoms with Gasteiger partial charge in [0, 0.05) is 12.2 Å². The number of hydrogen-bond acceptors (Lipinski definition) is 4. The fourth-order valence-corrected chi connectivity index (χ4v) is 2.98. The van der Waals surface area contributed by atoms with Gasteiger partial charge < -0.3 is 19.7 Å². The van der Waals surface area contributed by atoms with E-state index in [2.05, 4.69) is 5.32 Å². The molecule has 130 valence electrons. The summed E-state index contributed by atoms with van der Waals surface area (Å²) in [6, 6.07) is 9.33. The van der Waals surface area contributed by atoms with Crippen LogP contribution in [0, 0.1) is 0 Å². The molecule has 0 bridgehead atoms.